The molecular formula is C24H31N3O6. The summed E-state index contributed by atoms with van der Waals surface area (Å²) in [5.74, 6) is 0.299. The van der Waals surface area contributed by atoms with E-state index in [9.17, 15) is 14.4 Å². The first-order valence-corrected chi connectivity index (χ1v) is 10.6. The van der Waals surface area contributed by atoms with E-state index in [0.29, 0.717) is 29.4 Å². The Hall–Kier alpha value is -3.75. The molecule has 9 heteroatoms. The second-order valence-electron chi connectivity index (χ2n) is 8.01. The van der Waals surface area contributed by atoms with Crippen molar-refractivity contribution in [1.82, 2.24) is 10.6 Å². The van der Waals surface area contributed by atoms with Crippen LogP contribution in [0.5, 0.6) is 11.5 Å². The minimum absolute atomic E-state index is 0.166. The Bertz CT molecular complexity index is 955. The summed E-state index contributed by atoms with van der Waals surface area (Å²) >= 11 is 0. The van der Waals surface area contributed by atoms with Gasteiger partial charge in [0.2, 0.25) is 5.91 Å². The number of anilines is 1. The number of nitrogens with one attached hydrogen (secondary N) is 3. The van der Waals surface area contributed by atoms with Crippen molar-refractivity contribution in [2.45, 2.75) is 39.8 Å². The van der Waals surface area contributed by atoms with Crippen molar-refractivity contribution >= 4 is 23.6 Å². The topological polar surface area (TPSA) is 115 Å². The molecule has 33 heavy (non-hydrogen) atoms. The van der Waals surface area contributed by atoms with Gasteiger partial charge < -0.3 is 30.2 Å². The predicted molar refractivity (Wildman–Crippen MR) is 124 cm³/mol. The monoisotopic (exact) mass is 457 g/mol. The standard InChI is InChI=1S/C24H31N3O6/c1-5-31-19-12-8-9-13-20(19)32-16-22(29)27-18-11-7-6-10-17(18)14-25-21(28)15-26-23(30)33-24(2,3)4/h6-13H,5,14-16H2,1-4H3,(H,25,28)(H,26,30)(H,27,29). The number of amides is 3. The lowest BCUT2D eigenvalue weighted by Gasteiger charge is -2.19. The Morgan fingerprint density at radius 1 is 0.848 bits per heavy atom. The van der Waals surface area contributed by atoms with Crippen LogP contribution in [0.2, 0.25) is 0 Å². The molecule has 0 aliphatic rings. The number of benzene rings is 2. The van der Waals surface area contributed by atoms with Crippen LogP contribution in [-0.4, -0.2) is 43.3 Å². The molecule has 0 aromatic heterocycles. The molecule has 9 nitrogen and oxygen atoms in total. The molecule has 178 valence electrons. The summed E-state index contributed by atoms with van der Waals surface area (Å²) < 4.78 is 16.2. The van der Waals surface area contributed by atoms with Gasteiger partial charge in [-0.15, -0.1) is 0 Å². The van der Waals surface area contributed by atoms with Gasteiger partial charge in [0.25, 0.3) is 5.91 Å². The number of hydrogen-bond donors (Lipinski definition) is 3. The molecule has 0 aliphatic carbocycles. The zero-order valence-electron chi connectivity index (χ0n) is 19.4. The molecule has 0 atom stereocenters. The SMILES string of the molecule is CCOc1ccccc1OCC(=O)Nc1ccccc1CNC(=O)CNC(=O)OC(C)(C)C. The molecule has 0 unspecified atom stereocenters. The molecule has 0 aliphatic heterocycles. The average Bonchev–Trinajstić information content (AvgIpc) is 2.75. The lowest BCUT2D eigenvalue weighted by Crippen LogP contribution is -2.39. The lowest BCUT2D eigenvalue weighted by atomic mass is 10.1. The third kappa shape index (κ3) is 9.51. The molecule has 2 aromatic rings. The maximum Gasteiger partial charge on any atom is 0.408 e. The van der Waals surface area contributed by atoms with Gasteiger partial charge in [0.1, 0.15) is 12.1 Å². The summed E-state index contributed by atoms with van der Waals surface area (Å²) in [6.07, 6.45) is -0.670. The molecule has 2 aromatic carbocycles. The molecule has 0 bridgehead atoms. The van der Waals surface area contributed by atoms with Gasteiger partial charge in [0, 0.05) is 12.2 Å². The smallest absolute Gasteiger partial charge is 0.408 e. The summed E-state index contributed by atoms with van der Waals surface area (Å²) in [4.78, 5) is 36.1. The zero-order valence-corrected chi connectivity index (χ0v) is 19.4. The van der Waals surface area contributed by atoms with Crippen LogP contribution in [-0.2, 0) is 20.9 Å². The van der Waals surface area contributed by atoms with E-state index in [4.69, 9.17) is 14.2 Å². The Morgan fingerprint density at radius 2 is 1.48 bits per heavy atom. The molecule has 0 saturated carbocycles. The first-order chi connectivity index (χ1) is 15.7. The van der Waals surface area contributed by atoms with Crippen LogP contribution in [0.25, 0.3) is 0 Å². The number of alkyl carbamates (subject to hydrolysis) is 1. The second kappa shape index (κ2) is 12.3. The van der Waals surface area contributed by atoms with Crippen molar-refractivity contribution in [2.24, 2.45) is 0 Å². The molecule has 0 spiro atoms. The van der Waals surface area contributed by atoms with Crippen LogP contribution in [0.1, 0.15) is 33.3 Å². The molecule has 0 radical (unpaired) electrons. The average molecular weight is 458 g/mol. The second-order valence-corrected chi connectivity index (χ2v) is 8.01. The minimum atomic E-state index is -0.670. The summed E-state index contributed by atoms with van der Waals surface area (Å²) in [6.45, 7) is 7.30. The molecule has 3 amide bonds. The van der Waals surface area contributed by atoms with E-state index in [-0.39, 0.29) is 25.6 Å². The highest BCUT2D eigenvalue weighted by Crippen LogP contribution is 2.26. The van der Waals surface area contributed by atoms with Crippen LogP contribution < -0.4 is 25.4 Å². The van der Waals surface area contributed by atoms with Crippen LogP contribution in [0.3, 0.4) is 0 Å². The lowest BCUT2D eigenvalue weighted by molar-refractivity contribution is -0.120. The number of rotatable bonds is 10. The molecule has 2 rings (SSSR count). The van der Waals surface area contributed by atoms with E-state index < -0.39 is 17.6 Å². The van der Waals surface area contributed by atoms with Gasteiger partial charge in [0.05, 0.1) is 6.61 Å². The predicted octanol–water partition coefficient (Wildman–Crippen LogP) is 3.24. The first-order valence-electron chi connectivity index (χ1n) is 10.6. The first kappa shape index (κ1) is 25.5. The summed E-state index contributed by atoms with van der Waals surface area (Å²) in [7, 11) is 0. The van der Waals surface area contributed by atoms with Gasteiger partial charge in [-0.2, -0.15) is 0 Å². The normalized spacial score (nSPS) is 10.7. The maximum atomic E-state index is 12.4. The fourth-order valence-electron chi connectivity index (χ4n) is 2.69. The van der Waals surface area contributed by atoms with Gasteiger partial charge in [-0.1, -0.05) is 30.3 Å². The van der Waals surface area contributed by atoms with E-state index >= 15 is 0 Å². The molecule has 3 N–H and O–H groups in total. The Labute approximate surface area is 193 Å². The quantitative estimate of drug-likeness (QED) is 0.505. The third-order valence-corrected chi connectivity index (χ3v) is 4.07. The molecule has 0 saturated heterocycles. The summed E-state index contributed by atoms with van der Waals surface area (Å²) in [6, 6.07) is 14.2. The van der Waals surface area contributed by atoms with Crippen LogP contribution in [0.15, 0.2) is 48.5 Å². The van der Waals surface area contributed by atoms with Gasteiger partial charge in [-0.25, -0.2) is 4.79 Å². The zero-order chi connectivity index (χ0) is 24.3. The third-order valence-electron chi connectivity index (χ3n) is 4.07. The fraction of sp³-hybridized carbons (Fsp3) is 0.375. The van der Waals surface area contributed by atoms with Crippen molar-refractivity contribution in [1.29, 1.82) is 0 Å². The van der Waals surface area contributed by atoms with E-state index in [1.54, 1.807) is 63.2 Å². The van der Waals surface area contributed by atoms with Crippen molar-refractivity contribution in [2.75, 3.05) is 25.1 Å². The van der Waals surface area contributed by atoms with Crippen molar-refractivity contribution in [3.8, 4) is 11.5 Å². The molecule has 0 heterocycles. The Balaban J connectivity index is 1.85. The number of carbonyl (C=O) groups is 3. The van der Waals surface area contributed by atoms with Crippen molar-refractivity contribution in [3.05, 3.63) is 54.1 Å². The summed E-state index contributed by atoms with van der Waals surface area (Å²) in [5, 5.41) is 7.89. The highest BCUT2D eigenvalue weighted by molar-refractivity contribution is 5.92. The number of ether oxygens (including phenoxy) is 3. The van der Waals surface area contributed by atoms with Gasteiger partial charge in [0.15, 0.2) is 18.1 Å². The largest absolute Gasteiger partial charge is 0.490 e. The van der Waals surface area contributed by atoms with E-state index in [0.717, 1.165) is 0 Å². The van der Waals surface area contributed by atoms with Gasteiger partial charge in [-0.3, -0.25) is 9.59 Å². The fourth-order valence-corrected chi connectivity index (χ4v) is 2.69. The van der Waals surface area contributed by atoms with E-state index in [1.165, 1.54) is 0 Å². The Morgan fingerprint density at radius 3 is 2.15 bits per heavy atom. The highest BCUT2D eigenvalue weighted by atomic mass is 16.6. The Kier molecular flexibility index (Phi) is 9.53. The number of hydrogen-bond acceptors (Lipinski definition) is 6. The van der Waals surface area contributed by atoms with E-state index in [2.05, 4.69) is 16.0 Å². The minimum Gasteiger partial charge on any atom is -0.490 e. The molecular weight excluding hydrogens is 426 g/mol. The number of carbonyl (C=O) groups excluding carboxylic acids is 3. The van der Waals surface area contributed by atoms with Crippen molar-refractivity contribution < 1.29 is 28.6 Å². The van der Waals surface area contributed by atoms with Crippen molar-refractivity contribution in [3.63, 3.8) is 0 Å². The molecule has 0 fully saturated rings. The van der Waals surface area contributed by atoms with Crippen LogP contribution in [0.4, 0.5) is 10.5 Å². The van der Waals surface area contributed by atoms with Crippen LogP contribution >= 0.6 is 0 Å². The van der Waals surface area contributed by atoms with Crippen LogP contribution in [0, 0.1) is 0 Å². The number of para-hydroxylation sites is 3. The van der Waals surface area contributed by atoms with E-state index in [1.807, 2.05) is 13.0 Å². The van der Waals surface area contributed by atoms with Gasteiger partial charge in [-0.05, 0) is 51.5 Å². The maximum absolute atomic E-state index is 12.4. The summed E-state index contributed by atoms with van der Waals surface area (Å²) in [5.41, 5.74) is 0.600. The highest BCUT2D eigenvalue weighted by Gasteiger charge is 2.17. The van der Waals surface area contributed by atoms with Gasteiger partial charge >= 0.3 is 6.09 Å².